The molecule has 0 unspecified atom stereocenters. The van der Waals surface area contributed by atoms with E-state index in [4.69, 9.17) is 16.3 Å². The fourth-order valence-corrected chi connectivity index (χ4v) is 4.26. The van der Waals surface area contributed by atoms with Gasteiger partial charge in [0.1, 0.15) is 17.0 Å². The highest BCUT2D eigenvalue weighted by Crippen LogP contribution is 2.44. The molecule has 18 heavy (non-hydrogen) atoms. The standard InChI is InChI=1S/C14H17ClN2O/c15-13-2-1-12(5-16-13)18-14-10-3-9-4-11(14)8-17(6-9)7-10/h1-2,5,9-11,14H,3-4,6-8H2/t9?,10-,11-,14?/m0/s1. The Labute approximate surface area is 112 Å². The van der Waals surface area contributed by atoms with Crippen LogP contribution < -0.4 is 4.74 Å². The smallest absolute Gasteiger partial charge is 0.138 e. The van der Waals surface area contributed by atoms with E-state index in [1.807, 2.05) is 6.07 Å². The Balaban J connectivity index is 1.53. The molecule has 0 amide bonds. The molecule has 1 aromatic heterocycles. The van der Waals surface area contributed by atoms with Crippen molar-refractivity contribution in [3.63, 3.8) is 0 Å². The zero-order valence-electron chi connectivity index (χ0n) is 10.3. The second kappa shape index (κ2) is 4.10. The van der Waals surface area contributed by atoms with E-state index in [0.717, 1.165) is 11.7 Å². The van der Waals surface area contributed by atoms with Crippen molar-refractivity contribution in [3.8, 4) is 5.75 Å². The highest BCUT2D eigenvalue weighted by molar-refractivity contribution is 6.29. The summed E-state index contributed by atoms with van der Waals surface area (Å²) < 4.78 is 6.20. The van der Waals surface area contributed by atoms with Crippen LogP contribution in [0.15, 0.2) is 18.3 Å². The van der Waals surface area contributed by atoms with Crippen molar-refractivity contribution in [1.82, 2.24) is 9.88 Å². The normalized spacial score (nSPS) is 41.1. The molecular weight excluding hydrogens is 248 g/mol. The molecule has 1 saturated carbocycles. The summed E-state index contributed by atoms with van der Waals surface area (Å²) in [5.41, 5.74) is 0. The third-order valence-corrected chi connectivity index (χ3v) is 4.90. The number of pyridine rings is 1. The average Bonchev–Trinajstić information content (AvgIpc) is 2.35. The molecule has 5 rings (SSSR count). The topological polar surface area (TPSA) is 25.4 Å². The molecule has 4 heterocycles. The third kappa shape index (κ3) is 1.81. The fourth-order valence-electron chi connectivity index (χ4n) is 4.15. The van der Waals surface area contributed by atoms with Gasteiger partial charge in [-0.2, -0.15) is 0 Å². The molecule has 4 fully saturated rings. The van der Waals surface area contributed by atoms with Crippen molar-refractivity contribution < 1.29 is 4.74 Å². The molecule has 3 saturated heterocycles. The van der Waals surface area contributed by atoms with E-state index in [-0.39, 0.29) is 0 Å². The van der Waals surface area contributed by atoms with E-state index in [2.05, 4.69) is 9.88 Å². The summed E-state index contributed by atoms with van der Waals surface area (Å²) >= 11 is 5.80. The summed E-state index contributed by atoms with van der Waals surface area (Å²) in [4.78, 5) is 6.71. The van der Waals surface area contributed by atoms with Gasteiger partial charge >= 0.3 is 0 Å². The Morgan fingerprint density at radius 2 is 1.94 bits per heavy atom. The summed E-state index contributed by atoms with van der Waals surface area (Å²) in [6.07, 6.45) is 4.83. The average molecular weight is 265 g/mol. The van der Waals surface area contributed by atoms with Gasteiger partial charge in [0, 0.05) is 31.5 Å². The van der Waals surface area contributed by atoms with Crippen LogP contribution in [0.1, 0.15) is 12.8 Å². The van der Waals surface area contributed by atoms with Gasteiger partial charge < -0.3 is 9.64 Å². The zero-order chi connectivity index (χ0) is 12.1. The molecule has 4 aliphatic rings. The van der Waals surface area contributed by atoms with Crippen LogP contribution >= 0.6 is 11.6 Å². The fraction of sp³-hybridized carbons (Fsp3) is 0.643. The van der Waals surface area contributed by atoms with Crippen LogP contribution in [0.2, 0.25) is 5.15 Å². The Morgan fingerprint density at radius 1 is 1.17 bits per heavy atom. The molecule has 0 radical (unpaired) electrons. The Kier molecular flexibility index (Phi) is 2.52. The Hall–Kier alpha value is -0.800. The first-order valence-corrected chi connectivity index (χ1v) is 7.16. The minimum absolute atomic E-state index is 0.390. The van der Waals surface area contributed by atoms with Crippen molar-refractivity contribution in [2.45, 2.75) is 18.9 Å². The molecule has 0 aromatic carbocycles. The lowest BCUT2D eigenvalue weighted by Gasteiger charge is -2.55. The quantitative estimate of drug-likeness (QED) is 0.768. The van der Waals surface area contributed by atoms with Gasteiger partial charge in [0.2, 0.25) is 0 Å². The molecule has 3 aliphatic heterocycles. The number of aromatic nitrogens is 1. The van der Waals surface area contributed by atoms with Crippen LogP contribution in [-0.4, -0.2) is 35.6 Å². The first-order chi connectivity index (χ1) is 8.78. The lowest BCUT2D eigenvalue weighted by molar-refractivity contribution is -0.0985. The van der Waals surface area contributed by atoms with Crippen LogP contribution in [0.25, 0.3) is 0 Å². The monoisotopic (exact) mass is 264 g/mol. The van der Waals surface area contributed by atoms with Gasteiger partial charge in [-0.15, -0.1) is 0 Å². The number of hydrogen-bond acceptors (Lipinski definition) is 3. The summed E-state index contributed by atoms with van der Waals surface area (Å²) in [5.74, 6) is 3.22. The molecule has 2 atom stereocenters. The summed E-state index contributed by atoms with van der Waals surface area (Å²) in [7, 11) is 0. The van der Waals surface area contributed by atoms with Crippen LogP contribution in [0.4, 0.5) is 0 Å². The molecule has 1 aromatic rings. The number of halogens is 1. The Morgan fingerprint density at radius 3 is 2.56 bits per heavy atom. The minimum Gasteiger partial charge on any atom is -0.488 e. The van der Waals surface area contributed by atoms with Crippen molar-refractivity contribution >= 4 is 11.6 Å². The second-order valence-electron chi connectivity index (χ2n) is 5.98. The maximum atomic E-state index is 6.20. The van der Waals surface area contributed by atoms with Crippen LogP contribution in [0, 0.1) is 17.8 Å². The summed E-state index contributed by atoms with van der Waals surface area (Å²) in [5, 5.41) is 0.526. The predicted octanol–water partition coefficient (Wildman–Crippen LogP) is 2.45. The number of piperidine rings is 3. The number of nitrogens with zero attached hydrogens (tertiary/aromatic N) is 2. The second-order valence-corrected chi connectivity index (χ2v) is 6.36. The van der Waals surface area contributed by atoms with Crippen LogP contribution in [0.3, 0.4) is 0 Å². The van der Waals surface area contributed by atoms with Gasteiger partial charge in [-0.1, -0.05) is 11.6 Å². The minimum atomic E-state index is 0.390. The van der Waals surface area contributed by atoms with E-state index in [9.17, 15) is 0 Å². The molecule has 3 nitrogen and oxygen atoms in total. The number of ether oxygens (including phenoxy) is 1. The molecule has 4 bridgehead atoms. The molecule has 4 heteroatoms. The number of hydrogen-bond donors (Lipinski definition) is 0. The van der Waals surface area contributed by atoms with Crippen molar-refractivity contribution in [2.24, 2.45) is 17.8 Å². The van der Waals surface area contributed by atoms with Gasteiger partial charge in [-0.25, -0.2) is 4.98 Å². The van der Waals surface area contributed by atoms with Crippen molar-refractivity contribution in [1.29, 1.82) is 0 Å². The molecule has 0 spiro atoms. The van der Waals surface area contributed by atoms with Crippen LogP contribution in [-0.2, 0) is 0 Å². The van der Waals surface area contributed by atoms with Crippen molar-refractivity contribution in [3.05, 3.63) is 23.5 Å². The lowest BCUT2D eigenvalue weighted by atomic mass is 9.66. The molecule has 0 N–H and O–H groups in total. The highest BCUT2D eigenvalue weighted by atomic mass is 35.5. The van der Waals surface area contributed by atoms with Crippen LogP contribution in [0.5, 0.6) is 5.75 Å². The predicted molar refractivity (Wildman–Crippen MR) is 69.8 cm³/mol. The summed E-state index contributed by atoms with van der Waals surface area (Å²) in [6.45, 7) is 3.76. The van der Waals surface area contributed by atoms with Crippen molar-refractivity contribution in [2.75, 3.05) is 19.6 Å². The Bertz CT molecular complexity index is 420. The summed E-state index contributed by atoms with van der Waals surface area (Å²) in [6, 6.07) is 3.73. The SMILES string of the molecule is Clc1ccc(OC2[C@H]3CC4C[C@H]2CN(C4)C3)cn1. The van der Waals surface area contributed by atoms with E-state index in [0.29, 0.717) is 23.1 Å². The maximum absolute atomic E-state index is 6.20. The first kappa shape index (κ1) is 11.1. The van der Waals surface area contributed by atoms with E-state index < -0.39 is 0 Å². The van der Waals surface area contributed by atoms with E-state index in [1.54, 1.807) is 12.3 Å². The van der Waals surface area contributed by atoms with Gasteiger partial charge in [-0.3, -0.25) is 0 Å². The highest BCUT2D eigenvalue weighted by Gasteiger charge is 2.48. The van der Waals surface area contributed by atoms with Gasteiger partial charge in [0.15, 0.2) is 0 Å². The lowest BCUT2D eigenvalue weighted by Crippen LogP contribution is -2.61. The molecular formula is C14H17ClN2O. The first-order valence-electron chi connectivity index (χ1n) is 6.78. The molecule has 96 valence electrons. The van der Waals surface area contributed by atoms with E-state index >= 15 is 0 Å². The largest absolute Gasteiger partial charge is 0.488 e. The maximum Gasteiger partial charge on any atom is 0.138 e. The van der Waals surface area contributed by atoms with Gasteiger partial charge in [-0.05, 0) is 30.9 Å². The molecule has 1 aliphatic carbocycles. The third-order valence-electron chi connectivity index (χ3n) is 4.68. The van der Waals surface area contributed by atoms with E-state index in [1.165, 1.54) is 32.5 Å². The zero-order valence-corrected chi connectivity index (χ0v) is 11.0. The van der Waals surface area contributed by atoms with Gasteiger partial charge in [0.05, 0.1) is 6.20 Å². The van der Waals surface area contributed by atoms with Gasteiger partial charge in [0.25, 0.3) is 0 Å². The number of rotatable bonds is 2.